The molecule has 0 bridgehead atoms. The van der Waals surface area contributed by atoms with Crippen LogP contribution >= 0.6 is 0 Å². The molecule has 4 nitrogen and oxygen atoms in total. The molecule has 0 aromatic carbocycles. The van der Waals surface area contributed by atoms with Crippen LogP contribution in [-0.4, -0.2) is 11.2 Å². The van der Waals surface area contributed by atoms with Crippen molar-refractivity contribution in [3.05, 3.63) is 24.5 Å². The SMILES string of the molecule is O=COOn1cccc1. The van der Waals surface area contributed by atoms with E-state index in [0.29, 0.717) is 0 Å². The van der Waals surface area contributed by atoms with E-state index in [-0.39, 0.29) is 6.47 Å². The first-order valence-corrected chi connectivity index (χ1v) is 2.34. The second-order valence-electron chi connectivity index (χ2n) is 1.31. The van der Waals surface area contributed by atoms with Crippen molar-refractivity contribution in [2.75, 3.05) is 0 Å². The zero-order chi connectivity index (χ0) is 6.53. The molecule has 0 saturated carbocycles. The summed E-state index contributed by atoms with van der Waals surface area (Å²) in [6.07, 6.45) is 3.20. The first-order chi connectivity index (χ1) is 4.43. The van der Waals surface area contributed by atoms with E-state index in [1.807, 2.05) is 0 Å². The minimum Gasteiger partial charge on any atom is -0.251 e. The Morgan fingerprint density at radius 2 is 2.00 bits per heavy atom. The number of hydrogen-bond acceptors (Lipinski definition) is 3. The average Bonchev–Trinajstić information content (AvgIpc) is 2.34. The van der Waals surface area contributed by atoms with E-state index in [2.05, 4.69) is 9.88 Å². The standard InChI is InChI=1S/C5H5NO3/c7-5-8-9-6-3-1-2-4-6/h1-5H. The molecule has 48 valence electrons. The third kappa shape index (κ3) is 1.49. The Bertz CT molecular complexity index is 170. The van der Waals surface area contributed by atoms with E-state index in [1.54, 1.807) is 24.5 Å². The van der Waals surface area contributed by atoms with Crippen LogP contribution < -0.4 is 4.99 Å². The van der Waals surface area contributed by atoms with Crippen molar-refractivity contribution in [3.8, 4) is 0 Å². The molecular formula is C5H5NO3. The molecule has 0 amide bonds. The summed E-state index contributed by atoms with van der Waals surface area (Å²) in [4.78, 5) is 17.8. The summed E-state index contributed by atoms with van der Waals surface area (Å²) in [5.74, 6) is 0. The molecule has 0 aliphatic carbocycles. The van der Waals surface area contributed by atoms with E-state index in [1.165, 1.54) is 4.73 Å². The summed E-state index contributed by atoms with van der Waals surface area (Å²) in [6.45, 7) is 0.208. The van der Waals surface area contributed by atoms with Crippen molar-refractivity contribution in [3.63, 3.8) is 0 Å². The Morgan fingerprint density at radius 3 is 2.56 bits per heavy atom. The molecule has 4 heteroatoms. The first-order valence-electron chi connectivity index (χ1n) is 2.34. The van der Waals surface area contributed by atoms with Gasteiger partial charge >= 0.3 is 6.47 Å². The summed E-state index contributed by atoms with van der Waals surface area (Å²) < 4.78 is 1.26. The van der Waals surface area contributed by atoms with Crippen LogP contribution in [0.3, 0.4) is 0 Å². The highest BCUT2D eigenvalue weighted by molar-refractivity contribution is 5.35. The molecule has 0 unspecified atom stereocenters. The number of rotatable bonds is 3. The Kier molecular flexibility index (Phi) is 1.74. The van der Waals surface area contributed by atoms with E-state index < -0.39 is 0 Å². The third-order valence-electron chi connectivity index (χ3n) is 0.745. The maximum atomic E-state index is 9.54. The lowest BCUT2D eigenvalue weighted by Crippen LogP contribution is -2.07. The highest BCUT2D eigenvalue weighted by Crippen LogP contribution is 1.83. The molecule has 0 aliphatic rings. The largest absolute Gasteiger partial charge is 0.346 e. The smallest absolute Gasteiger partial charge is 0.251 e. The van der Waals surface area contributed by atoms with Crippen LogP contribution in [0.5, 0.6) is 0 Å². The topological polar surface area (TPSA) is 40.5 Å². The molecule has 0 aliphatic heterocycles. The summed E-state index contributed by atoms with van der Waals surface area (Å²) in [7, 11) is 0. The maximum absolute atomic E-state index is 9.54. The highest BCUT2D eigenvalue weighted by Gasteiger charge is 1.83. The van der Waals surface area contributed by atoms with Crippen molar-refractivity contribution >= 4 is 6.47 Å². The van der Waals surface area contributed by atoms with Crippen LogP contribution in [0.1, 0.15) is 0 Å². The maximum Gasteiger partial charge on any atom is 0.346 e. The number of nitrogens with zero attached hydrogens (tertiary/aromatic N) is 1. The van der Waals surface area contributed by atoms with Gasteiger partial charge < -0.3 is 0 Å². The van der Waals surface area contributed by atoms with Crippen LogP contribution in [0.15, 0.2) is 24.5 Å². The number of hydrogen-bond donors (Lipinski definition) is 0. The Balaban J connectivity index is 2.38. The molecule has 0 N–H and O–H groups in total. The van der Waals surface area contributed by atoms with Gasteiger partial charge in [0.25, 0.3) is 0 Å². The van der Waals surface area contributed by atoms with E-state index in [4.69, 9.17) is 0 Å². The van der Waals surface area contributed by atoms with Gasteiger partial charge in [0.15, 0.2) is 0 Å². The van der Waals surface area contributed by atoms with Crippen LogP contribution in [0.2, 0.25) is 0 Å². The molecule has 0 fully saturated rings. The van der Waals surface area contributed by atoms with Gasteiger partial charge in [-0.25, -0.2) is 4.89 Å². The fraction of sp³-hybridized carbons (Fsp3) is 0. The lowest BCUT2D eigenvalue weighted by atomic mass is 10.7. The minimum absolute atomic E-state index is 0.208. The lowest BCUT2D eigenvalue weighted by Gasteiger charge is -1.95. The average molecular weight is 127 g/mol. The predicted octanol–water partition coefficient (Wildman–Crippen LogP) is 0.00470. The lowest BCUT2D eigenvalue weighted by molar-refractivity contribution is -0.258. The second kappa shape index (κ2) is 2.76. The zero-order valence-electron chi connectivity index (χ0n) is 4.56. The van der Waals surface area contributed by atoms with Crippen LogP contribution in [-0.2, 0) is 9.68 Å². The number of carbonyl (C=O) groups is 1. The molecule has 1 heterocycles. The van der Waals surface area contributed by atoms with Gasteiger partial charge in [-0.15, -0.1) is 4.73 Å². The Hall–Kier alpha value is -1.45. The normalized spacial score (nSPS) is 8.44. The van der Waals surface area contributed by atoms with Crippen LogP contribution in [0.4, 0.5) is 0 Å². The van der Waals surface area contributed by atoms with Crippen LogP contribution in [0, 0.1) is 0 Å². The van der Waals surface area contributed by atoms with Gasteiger partial charge in [-0.1, -0.05) is 0 Å². The van der Waals surface area contributed by atoms with Crippen molar-refractivity contribution in [2.24, 2.45) is 0 Å². The summed E-state index contributed by atoms with van der Waals surface area (Å²) in [5.41, 5.74) is 0. The van der Waals surface area contributed by atoms with Crippen molar-refractivity contribution in [1.82, 2.24) is 4.73 Å². The van der Waals surface area contributed by atoms with Gasteiger partial charge in [0, 0.05) is 12.4 Å². The summed E-state index contributed by atoms with van der Waals surface area (Å²) in [6, 6.07) is 3.49. The van der Waals surface area contributed by atoms with Gasteiger partial charge in [-0.3, -0.25) is 4.79 Å². The zero-order valence-corrected chi connectivity index (χ0v) is 4.56. The molecule has 0 atom stereocenters. The molecule has 9 heavy (non-hydrogen) atoms. The van der Waals surface area contributed by atoms with Gasteiger partial charge in [0.05, 0.1) is 0 Å². The van der Waals surface area contributed by atoms with Crippen molar-refractivity contribution in [1.29, 1.82) is 0 Å². The Labute approximate surface area is 51.5 Å². The highest BCUT2D eigenvalue weighted by atomic mass is 17.3. The summed E-state index contributed by atoms with van der Waals surface area (Å²) in [5, 5.41) is 0. The second-order valence-corrected chi connectivity index (χ2v) is 1.31. The fourth-order valence-electron chi connectivity index (χ4n) is 0.436. The Morgan fingerprint density at radius 1 is 1.33 bits per heavy atom. The van der Waals surface area contributed by atoms with Gasteiger partial charge in [0.1, 0.15) is 0 Å². The molecular weight excluding hydrogens is 122 g/mol. The molecule has 1 rings (SSSR count). The van der Waals surface area contributed by atoms with Crippen LogP contribution in [0.25, 0.3) is 0 Å². The summed E-state index contributed by atoms with van der Waals surface area (Å²) >= 11 is 0. The molecule has 0 saturated heterocycles. The third-order valence-corrected chi connectivity index (χ3v) is 0.745. The molecule has 1 aromatic heterocycles. The van der Waals surface area contributed by atoms with Crippen molar-refractivity contribution < 1.29 is 14.7 Å². The molecule has 1 aromatic rings. The number of aromatic nitrogens is 1. The monoisotopic (exact) mass is 127 g/mol. The minimum atomic E-state index is 0.208. The fourth-order valence-corrected chi connectivity index (χ4v) is 0.436. The first kappa shape index (κ1) is 5.68. The van der Waals surface area contributed by atoms with Crippen molar-refractivity contribution in [2.45, 2.75) is 0 Å². The molecule has 0 radical (unpaired) electrons. The van der Waals surface area contributed by atoms with E-state index in [0.717, 1.165) is 0 Å². The van der Waals surface area contributed by atoms with Gasteiger partial charge in [-0.2, -0.15) is 4.99 Å². The van der Waals surface area contributed by atoms with E-state index in [9.17, 15) is 4.79 Å². The van der Waals surface area contributed by atoms with Gasteiger partial charge in [-0.05, 0) is 12.1 Å². The predicted molar refractivity (Wildman–Crippen MR) is 28.2 cm³/mol. The molecule has 0 spiro atoms. The van der Waals surface area contributed by atoms with Gasteiger partial charge in [0.2, 0.25) is 0 Å². The quantitative estimate of drug-likeness (QED) is 0.326. The van der Waals surface area contributed by atoms with E-state index >= 15 is 0 Å². The number of carbonyl (C=O) groups excluding carboxylic acids is 1.